The largest absolute Gasteiger partial charge is 0.464 e. The van der Waals surface area contributed by atoms with Gasteiger partial charge >= 0.3 is 0 Å². The second-order valence-corrected chi connectivity index (χ2v) is 3.61. The molecule has 0 amide bonds. The maximum absolute atomic E-state index is 8.96. The Morgan fingerprint density at radius 3 is 2.88 bits per heavy atom. The molecule has 0 radical (unpaired) electrons. The fourth-order valence-electron chi connectivity index (χ4n) is 1.76. The highest BCUT2D eigenvalue weighted by atomic mass is 16.3. The lowest BCUT2D eigenvalue weighted by molar-refractivity contribution is 0.417. The summed E-state index contributed by atoms with van der Waals surface area (Å²) >= 11 is 0. The van der Waals surface area contributed by atoms with Gasteiger partial charge in [-0.3, -0.25) is 0 Å². The second kappa shape index (κ2) is 4.25. The molecule has 0 saturated carbocycles. The number of hydrogen-bond acceptors (Lipinski definition) is 3. The lowest BCUT2D eigenvalue weighted by Crippen LogP contribution is -2.20. The summed E-state index contributed by atoms with van der Waals surface area (Å²) in [5.74, 6) is 1.63. The average molecular weight is 215 g/mol. The van der Waals surface area contributed by atoms with E-state index in [0.717, 1.165) is 11.5 Å². The van der Waals surface area contributed by atoms with Gasteiger partial charge in [-0.25, -0.2) is 0 Å². The van der Waals surface area contributed by atoms with Crippen LogP contribution in [0.15, 0.2) is 34.9 Å². The van der Waals surface area contributed by atoms with Crippen molar-refractivity contribution >= 4 is 0 Å². The van der Waals surface area contributed by atoms with Gasteiger partial charge in [0.2, 0.25) is 0 Å². The molecule has 0 bridgehead atoms. The highest BCUT2D eigenvalue weighted by Gasteiger charge is 2.17. The first kappa shape index (κ1) is 10.5. The number of rotatable bonds is 3. The zero-order valence-corrected chi connectivity index (χ0v) is 9.05. The van der Waals surface area contributed by atoms with Crippen LogP contribution < -0.4 is 5.73 Å². The molecular weight excluding hydrogens is 202 g/mol. The Kier molecular flexibility index (Phi) is 2.80. The fraction of sp³-hybridized carbons (Fsp3) is 0.250. The van der Waals surface area contributed by atoms with Crippen molar-refractivity contribution in [3.63, 3.8) is 0 Å². The van der Waals surface area contributed by atoms with Gasteiger partial charge in [-0.05, 0) is 31.2 Å². The van der Waals surface area contributed by atoms with E-state index in [0.29, 0.717) is 12.2 Å². The van der Waals surface area contributed by atoms with E-state index in [1.54, 1.807) is 6.07 Å². The molecule has 0 aliphatic heterocycles. The summed E-state index contributed by atoms with van der Waals surface area (Å²) in [5, 5.41) is 8.96. The molecule has 0 aliphatic rings. The van der Waals surface area contributed by atoms with E-state index >= 15 is 0 Å². The lowest BCUT2D eigenvalue weighted by atomic mass is 10.2. The summed E-state index contributed by atoms with van der Waals surface area (Å²) in [7, 11) is 0. The minimum absolute atomic E-state index is 0.113. The van der Waals surface area contributed by atoms with Gasteiger partial charge in [0.1, 0.15) is 29.3 Å². The zero-order valence-electron chi connectivity index (χ0n) is 9.05. The van der Waals surface area contributed by atoms with Crippen molar-refractivity contribution in [2.75, 3.05) is 6.54 Å². The van der Waals surface area contributed by atoms with Crippen LogP contribution in [0.2, 0.25) is 0 Å². The first-order chi connectivity index (χ1) is 7.76. The summed E-state index contributed by atoms with van der Waals surface area (Å²) in [6.07, 6.45) is 1.84. The highest BCUT2D eigenvalue weighted by molar-refractivity contribution is 5.25. The third-order valence-corrected chi connectivity index (χ3v) is 2.54. The van der Waals surface area contributed by atoms with Gasteiger partial charge in [-0.15, -0.1) is 0 Å². The molecule has 0 fully saturated rings. The van der Waals surface area contributed by atoms with Gasteiger partial charge in [-0.1, -0.05) is 0 Å². The molecule has 2 aromatic heterocycles. The van der Waals surface area contributed by atoms with Crippen molar-refractivity contribution < 1.29 is 4.42 Å². The molecule has 2 rings (SSSR count). The Morgan fingerprint density at radius 2 is 2.31 bits per heavy atom. The molecule has 1 atom stereocenters. The summed E-state index contributed by atoms with van der Waals surface area (Å²) in [4.78, 5) is 0. The SMILES string of the molecule is Cc1ccc(C(CN)n2cccc2C#N)o1. The molecule has 4 nitrogen and oxygen atoms in total. The Bertz CT molecular complexity index is 518. The van der Waals surface area contributed by atoms with Crippen molar-refractivity contribution in [1.82, 2.24) is 4.57 Å². The molecule has 2 heterocycles. The van der Waals surface area contributed by atoms with Crippen LogP contribution in [0, 0.1) is 18.3 Å². The monoisotopic (exact) mass is 215 g/mol. The molecular formula is C12H13N3O. The quantitative estimate of drug-likeness (QED) is 0.849. The summed E-state index contributed by atoms with van der Waals surface area (Å²) in [6.45, 7) is 2.29. The molecule has 0 saturated heterocycles. The molecule has 0 aliphatic carbocycles. The number of furan rings is 1. The van der Waals surface area contributed by atoms with Crippen molar-refractivity contribution in [3.05, 3.63) is 47.7 Å². The van der Waals surface area contributed by atoms with Crippen LogP contribution in [0.4, 0.5) is 0 Å². The van der Waals surface area contributed by atoms with Crippen LogP contribution >= 0.6 is 0 Å². The molecule has 2 N–H and O–H groups in total. The zero-order chi connectivity index (χ0) is 11.5. The standard InChI is InChI=1S/C12H13N3O/c1-9-4-5-12(16-9)11(8-14)15-6-2-3-10(15)7-13/h2-6,11H,8,14H2,1H3. The molecule has 82 valence electrons. The Balaban J connectivity index is 2.41. The topological polar surface area (TPSA) is 67.9 Å². The van der Waals surface area contributed by atoms with E-state index in [4.69, 9.17) is 15.4 Å². The van der Waals surface area contributed by atoms with Crippen molar-refractivity contribution in [2.24, 2.45) is 5.73 Å². The Hall–Kier alpha value is -1.99. The van der Waals surface area contributed by atoms with Gasteiger partial charge in [0.15, 0.2) is 0 Å². The minimum atomic E-state index is -0.113. The van der Waals surface area contributed by atoms with E-state index in [-0.39, 0.29) is 6.04 Å². The normalized spacial score (nSPS) is 12.3. The maximum atomic E-state index is 8.96. The molecule has 16 heavy (non-hydrogen) atoms. The smallest absolute Gasteiger partial charge is 0.128 e. The molecule has 4 heteroatoms. The Morgan fingerprint density at radius 1 is 1.50 bits per heavy atom. The predicted molar refractivity (Wildman–Crippen MR) is 59.8 cm³/mol. The van der Waals surface area contributed by atoms with E-state index in [2.05, 4.69) is 6.07 Å². The van der Waals surface area contributed by atoms with Crippen molar-refractivity contribution in [3.8, 4) is 6.07 Å². The fourth-order valence-corrected chi connectivity index (χ4v) is 1.76. The maximum Gasteiger partial charge on any atom is 0.128 e. The van der Waals surface area contributed by atoms with Crippen molar-refractivity contribution in [2.45, 2.75) is 13.0 Å². The van der Waals surface area contributed by atoms with Crippen LogP contribution in [-0.2, 0) is 0 Å². The predicted octanol–water partition coefficient (Wildman–Crippen LogP) is 1.81. The van der Waals surface area contributed by atoms with Gasteiger partial charge in [-0.2, -0.15) is 5.26 Å². The van der Waals surface area contributed by atoms with E-state index < -0.39 is 0 Å². The molecule has 0 aromatic carbocycles. The first-order valence-corrected chi connectivity index (χ1v) is 5.09. The van der Waals surface area contributed by atoms with Crippen molar-refractivity contribution in [1.29, 1.82) is 5.26 Å². The van der Waals surface area contributed by atoms with E-state index in [1.807, 2.05) is 35.9 Å². The van der Waals surface area contributed by atoms with E-state index in [1.165, 1.54) is 0 Å². The molecule has 1 unspecified atom stereocenters. The second-order valence-electron chi connectivity index (χ2n) is 3.61. The lowest BCUT2D eigenvalue weighted by Gasteiger charge is -2.15. The first-order valence-electron chi connectivity index (χ1n) is 5.09. The number of aryl methyl sites for hydroxylation is 1. The van der Waals surface area contributed by atoms with Gasteiger partial charge in [0, 0.05) is 12.7 Å². The highest BCUT2D eigenvalue weighted by Crippen LogP contribution is 2.21. The van der Waals surface area contributed by atoms with Gasteiger partial charge < -0.3 is 14.7 Å². The van der Waals surface area contributed by atoms with Crippen LogP contribution in [0.25, 0.3) is 0 Å². The van der Waals surface area contributed by atoms with Gasteiger partial charge in [0.25, 0.3) is 0 Å². The van der Waals surface area contributed by atoms with Crippen LogP contribution in [0.1, 0.15) is 23.3 Å². The number of nitriles is 1. The summed E-state index contributed by atoms with van der Waals surface area (Å²) < 4.78 is 7.38. The van der Waals surface area contributed by atoms with Gasteiger partial charge in [0.05, 0.1) is 0 Å². The summed E-state index contributed by atoms with van der Waals surface area (Å²) in [6, 6.07) is 9.41. The van der Waals surface area contributed by atoms with Crippen LogP contribution in [-0.4, -0.2) is 11.1 Å². The number of aromatic nitrogens is 1. The third kappa shape index (κ3) is 1.73. The van der Waals surface area contributed by atoms with E-state index in [9.17, 15) is 0 Å². The summed E-state index contributed by atoms with van der Waals surface area (Å²) in [5.41, 5.74) is 6.33. The minimum Gasteiger partial charge on any atom is -0.464 e. The van der Waals surface area contributed by atoms with Crippen LogP contribution in [0.3, 0.4) is 0 Å². The number of hydrogen-bond donors (Lipinski definition) is 1. The average Bonchev–Trinajstić information content (AvgIpc) is 2.89. The Labute approximate surface area is 93.9 Å². The third-order valence-electron chi connectivity index (χ3n) is 2.54. The number of nitrogens with zero attached hydrogens (tertiary/aromatic N) is 2. The number of nitrogens with two attached hydrogens (primary N) is 1. The molecule has 0 spiro atoms. The van der Waals surface area contributed by atoms with Crippen LogP contribution in [0.5, 0.6) is 0 Å². The molecule has 2 aromatic rings.